The van der Waals surface area contributed by atoms with Crippen LogP contribution in [0, 0.1) is 6.92 Å². The van der Waals surface area contributed by atoms with Crippen LogP contribution in [0.25, 0.3) is 11.5 Å². The summed E-state index contributed by atoms with van der Waals surface area (Å²) in [4.78, 5) is 6.50. The Morgan fingerprint density at radius 1 is 1.35 bits per heavy atom. The first kappa shape index (κ1) is 14.7. The molecule has 1 heterocycles. The lowest BCUT2D eigenvalue weighted by atomic mass is 10.1. The van der Waals surface area contributed by atoms with E-state index in [1.165, 1.54) is 0 Å². The summed E-state index contributed by atoms with van der Waals surface area (Å²) in [7, 11) is 1.98. The number of aliphatic hydroxyl groups is 1. The number of hydrogen-bond donors (Lipinski definition) is 1. The molecule has 1 N–H and O–H groups in total. The van der Waals surface area contributed by atoms with E-state index in [1.807, 2.05) is 38.2 Å². The van der Waals surface area contributed by atoms with Gasteiger partial charge in [-0.05, 0) is 38.9 Å². The second-order valence-electron chi connectivity index (χ2n) is 5.21. The van der Waals surface area contributed by atoms with Gasteiger partial charge in [0.1, 0.15) is 0 Å². The second kappa shape index (κ2) is 6.63. The molecule has 0 bridgehead atoms. The van der Waals surface area contributed by atoms with Crippen molar-refractivity contribution in [3.63, 3.8) is 0 Å². The van der Waals surface area contributed by atoms with Gasteiger partial charge in [-0.15, -0.1) is 0 Å². The van der Waals surface area contributed by atoms with Gasteiger partial charge >= 0.3 is 0 Å². The van der Waals surface area contributed by atoms with E-state index in [1.54, 1.807) is 6.92 Å². The Balaban J connectivity index is 2.01. The molecule has 0 aliphatic carbocycles. The summed E-state index contributed by atoms with van der Waals surface area (Å²) in [5, 5.41) is 13.3. The number of hydrogen-bond acceptors (Lipinski definition) is 5. The highest BCUT2D eigenvalue weighted by Gasteiger charge is 2.12. The van der Waals surface area contributed by atoms with E-state index in [0.717, 1.165) is 24.1 Å². The minimum Gasteiger partial charge on any atom is -0.393 e. The van der Waals surface area contributed by atoms with Gasteiger partial charge in [-0.25, -0.2) is 0 Å². The molecule has 20 heavy (non-hydrogen) atoms. The van der Waals surface area contributed by atoms with Crippen molar-refractivity contribution in [2.24, 2.45) is 0 Å². The van der Waals surface area contributed by atoms with Gasteiger partial charge in [0.05, 0.1) is 12.6 Å². The van der Waals surface area contributed by atoms with Crippen molar-refractivity contribution in [3.05, 3.63) is 35.7 Å². The normalized spacial score (nSPS) is 12.8. The van der Waals surface area contributed by atoms with Crippen molar-refractivity contribution in [2.45, 2.75) is 32.9 Å². The number of rotatable bonds is 6. The maximum atomic E-state index is 9.27. The van der Waals surface area contributed by atoms with Crippen molar-refractivity contribution >= 4 is 0 Å². The molecule has 0 spiro atoms. The Kier molecular flexibility index (Phi) is 4.87. The van der Waals surface area contributed by atoms with Gasteiger partial charge in [0.2, 0.25) is 0 Å². The Morgan fingerprint density at radius 2 is 2.10 bits per heavy atom. The first-order valence-electron chi connectivity index (χ1n) is 6.81. The fourth-order valence-electron chi connectivity index (χ4n) is 1.97. The highest BCUT2D eigenvalue weighted by Crippen LogP contribution is 2.21. The molecule has 0 aliphatic heterocycles. The zero-order chi connectivity index (χ0) is 14.5. The predicted molar refractivity (Wildman–Crippen MR) is 77.1 cm³/mol. The van der Waals surface area contributed by atoms with Crippen molar-refractivity contribution in [1.29, 1.82) is 0 Å². The first-order valence-corrected chi connectivity index (χ1v) is 6.81. The summed E-state index contributed by atoms with van der Waals surface area (Å²) >= 11 is 0. The van der Waals surface area contributed by atoms with Crippen LogP contribution in [-0.2, 0) is 6.54 Å². The second-order valence-corrected chi connectivity index (χ2v) is 5.21. The molecular weight excluding hydrogens is 254 g/mol. The molecule has 0 saturated heterocycles. The number of nitrogens with zero attached hydrogens (tertiary/aromatic N) is 3. The molecule has 108 valence electrons. The van der Waals surface area contributed by atoms with E-state index >= 15 is 0 Å². The Bertz CT molecular complexity index is 552. The van der Waals surface area contributed by atoms with E-state index in [2.05, 4.69) is 15.0 Å². The number of aromatic nitrogens is 2. The van der Waals surface area contributed by atoms with Gasteiger partial charge < -0.3 is 9.63 Å². The van der Waals surface area contributed by atoms with Gasteiger partial charge in [0.25, 0.3) is 5.89 Å². The first-order chi connectivity index (χ1) is 9.56. The van der Waals surface area contributed by atoms with Crippen molar-refractivity contribution < 1.29 is 9.63 Å². The lowest BCUT2D eigenvalue weighted by molar-refractivity contribution is 0.161. The van der Waals surface area contributed by atoms with Crippen molar-refractivity contribution in [2.75, 3.05) is 13.6 Å². The lowest BCUT2D eigenvalue weighted by Gasteiger charge is -2.14. The maximum absolute atomic E-state index is 9.27. The standard InChI is InChI=1S/C15H21N3O2/c1-11-6-4-5-7-13(11)15-16-14(17-20-15)10-18(3)9-8-12(2)19/h4-7,12,19H,8-10H2,1-3H3. The fraction of sp³-hybridized carbons (Fsp3) is 0.467. The van der Waals surface area contributed by atoms with E-state index in [0.29, 0.717) is 18.3 Å². The summed E-state index contributed by atoms with van der Waals surface area (Å²) < 4.78 is 5.32. The molecule has 1 unspecified atom stereocenters. The molecule has 5 nitrogen and oxygen atoms in total. The summed E-state index contributed by atoms with van der Waals surface area (Å²) in [6.07, 6.45) is 0.448. The van der Waals surface area contributed by atoms with Crippen LogP contribution in [-0.4, -0.2) is 39.8 Å². The van der Waals surface area contributed by atoms with Crippen LogP contribution in [0.15, 0.2) is 28.8 Å². The van der Waals surface area contributed by atoms with Crippen molar-refractivity contribution in [1.82, 2.24) is 15.0 Å². The highest BCUT2D eigenvalue weighted by atomic mass is 16.5. The molecule has 0 aliphatic rings. The summed E-state index contributed by atoms with van der Waals surface area (Å²) in [6.45, 7) is 5.22. The molecule has 0 radical (unpaired) electrons. The minimum absolute atomic E-state index is 0.287. The molecule has 1 aromatic carbocycles. The molecule has 0 amide bonds. The van der Waals surface area contributed by atoms with Crippen LogP contribution in [0.1, 0.15) is 24.7 Å². The summed E-state index contributed by atoms with van der Waals surface area (Å²) in [5.74, 6) is 1.22. The zero-order valence-electron chi connectivity index (χ0n) is 12.2. The smallest absolute Gasteiger partial charge is 0.258 e. The summed E-state index contributed by atoms with van der Waals surface area (Å²) in [5.41, 5.74) is 2.09. The molecule has 2 aromatic rings. The van der Waals surface area contributed by atoms with Crippen LogP contribution in [0.4, 0.5) is 0 Å². The molecule has 2 rings (SSSR count). The lowest BCUT2D eigenvalue weighted by Crippen LogP contribution is -2.22. The summed E-state index contributed by atoms with van der Waals surface area (Å²) in [6, 6.07) is 7.94. The van der Waals surface area contributed by atoms with Crippen LogP contribution in [0.3, 0.4) is 0 Å². The number of aliphatic hydroxyl groups excluding tert-OH is 1. The highest BCUT2D eigenvalue weighted by molar-refractivity contribution is 5.57. The average Bonchev–Trinajstić information content (AvgIpc) is 2.85. The third-order valence-corrected chi connectivity index (χ3v) is 3.18. The van der Waals surface area contributed by atoms with Gasteiger partial charge in [-0.2, -0.15) is 4.98 Å². The van der Waals surface area contributed by atoms with Gasteiger partial charge in [-0.3, -0.25) is 4.90 Å². The van der Waals surface area contributed by atoms with Crippen LogP contribution in [0.2, 0.25) is 0 Å². The van der Waals surface area contributed by atoms with E-state index in [4.69, 9.17) is 4.52 Å². The topological polar surface area (TPSA) is 62.4 Å². The van der Waals surface area contributed by atoms with Gasteiger partial charge in [-0.1, -0.05) is 23.4 Å². The fourth-order valence-corrected chi connectivity index (χ4v) is 1.97. The minimum atomic E-state index is -0.287. The SMILES string of the molecule is Cc1ccccc1-c1nc(CN(C)CCC(C)O)no1. The number of aryl methyl sites for hydroxylation is 1. The van der Waals surface area contributed by atoms with E-state index < -0.39 is 0 Å². The molecule has 0 saturated carbocycles. The van der Waals surface area contributed by atoms with Crippen LogP contribution < -0.4 is 0 Å². The monoisotopic (exact) mass is 275 g/mol. The van der Waals surface area contributed by atoms with E-state index in [9.17, 15) is 5.11 Å². The average molecular weight is 275 g/mol. The Hall–Kier alpha value is -1.72. The molecule has 1 atom stereocenters. The zero-order valence-corrected chi connectivity index (χ0v) is 12.2. The quantitative estimate of drug-likeness (QED) is 0.876. The van der Waals surface area contributed by atoms with E-state index in [-0.39, 0.29) is 6.10 Å². The van der Waals surface area contributed by atoms with Crippen LogP contribution >= 0.6 is 0 Å². The molecule has 5 heteroatoms. The number of benzene rings is 1. The molecular formula is C15H21N3O2. The Morgan fingerprint density at radius 3 is 2.80 bits per heavy atom. The third-order valence-electron chi connectivity index (χ3n) is 3.18. The van der Waals surface area contributed by atoms with Crippen molar-refractivity contribution in [3.8, 4) is 11.5 Å². The van der Waals surface area contributed by atoms with Gasteiger partial charge in [0.15, 0.2) is 5.82 Å². The third kappa shape index (κ3) is 3.88. The largest absolute Gasteiger partial charge is 0.393 e. The Labute approximate surface area is 119 Å². The molecule has 1 aromatic heterocycles. The molecule has 0 fully saturated rings. The maximum Gasteiger partial charge on any atom is 0.258 e. The predicted octanol–water partition coefficient (Wildman–Crippen LogP) is 2.25. The van der Waals surface area contributed by atoms with Gasteiger partial charge in [0, 0.05) is 12.1 Å². The van der Waals surface area contributed by atoms with Crippen LogP contribution in [0.5, 0.6) is 0 Å².